The van der Waals surface area contributed by atoms with Gasteiger partial charge in [-0.3, -0.25) is 9.59 Å². The molecular weight excluding hydrogens is 328 g/mol. The van der Waals surface area contributed by atoms with Crippen LogP contribution in [0.3, 0.4) is 0 Å². The van der Waals surface area contributed by atoms with Crippen molar-refractivity contribution in [1.82, 2.24) is 4.98 Å². The molecule has 19 heavy (non-hydrogen) atoms. The largest absolute Gasteiger partial charge is 0.311 e. The fraction of sp³-hybridized carbons (Fsp3) is 0.462. The third-order valence-corrected chi connectivity index (χ3v) is 4.91. The lowest BCUT2D eigenvalue weighted by Gasteiger charge is -2.17. The van der Waals surface area contributed by atoms with Crippen LogP contribution < -0.4 is 4.90 Å². The Balaban J connectivity index is 2.07. The van der Waals surface area contributed by atoms with E-state index in [1.165, 1.54) is 11.8 Å². The molecule has 0 aliphatic carbocycles. The maximum absolute atomic E-state index is 12.0. The molecule has 2 rings (SSSR count). The van der Waals surface area contributed by atoms with Crippen LogP contribution in [0.5, 0.6) is 0 Å². The maximum atomic E-state index is 12.0. The number of aryl methyl sites for hydroxylation is 1. The Hall–Kier alpha value is -0.880. The van der Waals surface area contributed by atoms with E-state index in [4.69, 9.17) is 0 Å². The van der Waals surface area contributed by atoms with Crippen LogP contribution in [0.4, 0.5) is 5.69 Å². The van der Waals surface area contributed by atoms with Gasteiger partial charge in [0.15, 0.2) is 5.12 Å². The molecule has 0 aromatic carbocycles. The quantitative estimate of drug-likeness (QED) is 0.792. The summed E-state index contributed by atoms with van der Waals surface area (Å²) >= 11 is 4.64. The van der Waals surface area contributed by atoms with Gasteiger partial charge in [0.05, 0.1) is 11.9 Å². The second-order valence-electron chi connectivity index (χ2n) is 4.68. The molecule has 0 radical (unpaired) electrons. The van der Waals surface area contributed by atoms with Gasteiger partial charge >= 0.3 is 0 Å². The first kappa shape index (κ1) is 14.5. The summed E-state index contributed by atoms with van der Waals surface area (Å²) in [5.74, 6) is 1.06. The van der Waals surface area contributed by atoms with E-state index >= 15 is 0 Å². The van der Waals surface area contributed by atoms with Crippen LogP contribution in [0.25, 0.3) is 0 Å². The lowest BCUT2D eigenvalue weighted by atomic mass is 10.1. The molecule has 1 amide bonds. The van der Waals surface area contributed by atoms with Crippen molar-refractivity contribution in [2.24, 2.45) is 5.92 Å². The van der Waals surface area contributed by atoms with Gasteiger partial charge in [-0.05, 0) is 40.4 Å². The Kier molecular flexibility index (Phi) is 4.62. The number of rotatable bonds is 3. The van der Waals surface area contributed by atoms with Gasteiger partial charge in [0.1, 0.15) is 4.60 Å². The highest BCUT2D eigenvalue weighted by atomic mass is 79.9. The van der Waals surface area contributed by atoms with Gasteiger partial charge in [0.2, 0.25) is 5.91 Å². The first-order valence-electron chi connectivity index (χ1n) is 6.03. The lowest BCUT2D eigenvalue weighted by Crippen LogP contribution is -2.25. The third kappa shape index (κ3) is 3.57. The highest BCUT2D eigenvalue weighted by Crippen LogP contribution is 2.28. The molecule has 0 saturated carbocycles. The smallest absolute Gasteiger partial charge is 0.227 e. The molecule has 102 valence electrons. The van der Waals surface area contributed by atoms with E-state index in [-0.39, 0.29) is 16.9 Å². The number of hydrogen-bond acceptors (Lipinski definition) is 4. The number of anilines is 1. The zero-order valence-corrected chi connectivity index (χ0v) is 13.3. The molecule has 1 saturated heterocycles. The van der Waals surface area contributed by atoms with Crippen LogP contribution in [0.2, 0.25) is 0 Å². The number of nitrogens with zero attached hydrogens (tertiary/aromatic N) is 2. The monoisotopic (exact) mass is 342 g/mol. The summed E-state index contributed by atoms with van der Waals surface area (Å²) in [5.41, 5.74) is 1.84. The number of carbonyl (C=O) groups excluding carboxylic acids is 2. The predicted molar refractivity (Wildman–Crippen MR) is 80.3 cm³/mol. The molecule has 0 N–H and O–H groups in total. The van der Waals surface area contributed by atoms with Gasteiger partial charge in [-0.2, -0.15) is 0 Å². The van der Waals surface area contributed by atoms with E-state index in [1.54, 1.807) is 18.0 Å². The van der Waals surface area contributed by atoms with Crippen molar-refractivity contribution in [3.05, 3.63) is 22.4 Å². The Bertz CT molecular complexity index is 521. The molecular formula is C13H15BrN2O2S. The number of pyridine rings is 1. The van der Waals surface area contributed by atoms with Crippen molar-refractivity contribution in [3.63, 3.8) is 0 Å². The van der Waals surface area contributed by atoms with Crippen LogP contribution in [-0.4, -0.2) is 28.3 Å². The molecule has 1 unspecified atom stereocenters. The van der Waals surface area contributed by atoms with Crippen molar-refractivity contribution in [2.45, 2.75) is 20.3 Å². The number of hydrogen-bond donors (Lipinski definition) is 0. The molecule has 0 bridgehead atoms. The Morgan fingerprint density at radius 1 is 1.63 bits per heavy atom. The van der Waals surface area contributed by atoms with Crippen LogP contribution in [0.15, 0.2) is 16.9 Å². The SMILES string of the molecule is CC(=O)SCC1CC(=O)N(c2cnc(Br)c(C)c2)C1. The molecule has 1 atom stereocenters. The average molecular weight is 343 g/mol. The highest BCUT2D eigenvalue weighted by molar-refractivity contribution is 9.10. The topological polar surface area (TPSA) is 50.3 Å². The van der Waals surface area contributed by atoms with Crippen LogP contribution in [0.1, 0.15) is 18.9 Å². The van der Waals surface area contributed by atoms with Gasteiger partial charge in [0, 0.05) is 25.6 Å². The summed E-state index contributed by atoms with van der Waals surface area (Å²) in [6.45, 7) is 4.17. The molecule has 1 aliphatic rings. The van der Waals surface area contributed by atoms with E-state index in [2.05, 4.69) is 20.9 Å². The fourth-order valence-corrected chi connectivity index (χ4v) is 2.98. The number of thioether (sulfide) groups is 1. The summed E-state index contributed by atoms with van der Waals surface area (Å²) in [7, 11) is 0. The summed E-state index contributed by atoms with van der Waals surface area (Å²) < 4.78 is 0.798. The summed E-state index contributed by atoms with van der Waals surface area (Å²) in [4.78, 5) is 29.0. The molecule has 1 aromatic heterocycles. The second kappa shape index (κ2) is 6.05. The van der Waals surface area contributed by atoms with E-state index in [1.807, 2.05) is 13.0 Å². The second-order valence-corrected chi connectivity index (χ2v) is 6.63. The summed E-state index contributed by atoms with van der Waals surface area (Å²) in [6, 6.07) is 1.95. The minimum atomic E-state index is 0.104. The molecule has 6 heteroatoms. The number of amides is 1. The van der Waals surface area contributed by atoms with E-state index in [0.717, 1.165) is 15.9 Å². The van der Waals surface area contributed by atoms with E-state index in [9.17, 15) is 9.59 Å². The highest BCUT2D eigenvalue weighted by Gasteiger charge is 2.31. The Labute approximate surface area is 125 Å². The molecule has 1 fully saturated rings. The van der Waals surface area contributed by atoms with Gasteiger partial charge in [-0.15, -0.1) is 0 Å². The fourth-order valence-electron chi connectivity index (χ4n) is 2.07. The zero-order valence-electron chi connectivity index (χ0n) is 10.9. The van der Waals surface area contributed by atoms with Gasteiger partial charge in [-0.1, -0.05) is 11.8 Å². The van der Waals surface area contributed by atoms with E-state index < -0.39 is 0 Å². The lowest BCUT2D eigenvalue weighted by molar-refractivity contribution is -0.117. The minimum Gasteiger partial charge on any atom is -0.311 e. The predicted octanol–water partition coefficient (Wildman–Crippen LogP) is 2.79. The van der Waals surface area contributed by atoms with Crippen molar-refractivity contribution < 1.29 is 9.59 Å². The standard InChI is InChI=1S/C13H15BrN2O2S/c1-8-3-11(5-15-13(8)14)16-6-10(4-12(16)18)7-19-9(2)17/h3,5,10H,4,6-7H2,1-2H3. The third-order valence-electron chi connectivity index (χ3n) is 3.04. The van der Waals surface area contributed by atoms with Crippen molar-refractivity contribution >= 4 is 44.4 Å². The molecule has 2 heterocycles. The van der Waals surface area contributed by atoms with Crippen LogP contribution in [0, 0.1) is 12.8 Å². The number of halogens is 1. The van der Waals surface area contributed by atoms with Crippen LogP contribution >= 0.6 is 27.7 Å². The zero-order chi connectivity index (χ0) is 14.0. The summed E-state index contributed by atoms with van der Waals surface area (Å²) in [6.07, 6.45) is 2.21. The van der Waals surface area contributed by atoms with Crippen LogP contribution in [-0.2, 0) is 9.59 Å². The maximum Gasteiger partial charge on any atom is 0.227 e. The molecule has 1 aromatic rings. The number of carbonyl (C=O) groups is 2. The average Bonchev–Trinajstić information content (AvgIpc) is 2.72. The van der Waals surface area contributed by atoms with Crippen molar-refractivity contribution in [2.75, 3.05) is 17.2 Å². The number of aromatic nitrogens is 1. The van der Waals surface area contributed by atoms with Crippen molar-refractivity contribution in [1.29, 1.82) is 0 Å². The van der Waals surface area contributed by atoms with E-state index in [0.29, 0.717) is 18.7 Å². The van der Waals surface area contributed by atoms with Gasteiger partial charge in [0.25, 0.3) is 0 Å². The molecule has 4 nitrogen and oxygen atoms in total. The summed E-state index contributed by atoms with van der Waals surface area (Å²) in [5, 5.41) is 0.104. The van der Waals surface area contributed by atoms with Gasteiger partial charge < -0.3 is 4.90 Å². The molecule has 0 spiro atoms. The van der Waals surface area contributed by atoms with Gasteiger partial charge in [-0.25, -0.2) is 4.98 Å². The molecule has 1 aliphatic heterocycles. The van der Waals surface area contributed by atoms with Crippen molar-refractivity contribution in [3.8, 4) is 0 Å². The normalized spacial score (nSPS) is 19.0. The first-order valence-corrected chi connectivity index (χ1v) is 7.81. The Morgan fingerprint density at radius 2 is 2.37 bits per heavy atom. The minimum absolute atomic E-state index is 0.104. The Morgan fingerprint density at radius 3 is 3.00 bits per heavy atom. The first-order chi connectivity index (χ1) is 8.97.